The standard InChI is InChI=1S/C9H17N3O/c1-7(2)12-9(4-5-11-12)8(3)6-13-10/h4-5,7-8H,6,10H2,1-3H3. The van der Waals surface area contributed by atoms with Gasteiger partial charge in [0.25, 0.3) is 0 Å². The maximum absolute atomic E-state index is 5.03. The van der Waals surface area contributed by atoms with Crippen LogP contribution < -0.4 is 5.90 Å². The maximum Gasteiger partial charge on any atom is 0.0760 e. The normalized spacial score (nSPS) is 13.6. The largest absolute Gasteiger partial charge is 0.304 e. The lowest BCUT2D eigenvalue weighted by molar-refractivity contribution is 0.124. The van der Waals surface area contributed by atoms with E-state index in [1.54, 1.807) is 0 Å². The van der Waals surface area contributed by atoms with Crippen LogP contribution in [0.4, 0.5) is 0 Å². The van der Waals surface area contributed by atoms with Crippen LogP contribution in [0.25, 0.3) is 0 Å². The second-order valence-corrected chi connectivity index (χ2v) is 3.53. The second kappa shape index (κ2) is 4.39. The van der Waals surface area contributed by atoms with Crippen LogP contribution in [0.2, 0.25) is 0 Å². The third-order valence-corrected chi connectivity index (χ3v) is 2.04. The molecule has 2 N–H and O–H groups in total. The molecule has 0 aliphatic carbocycles. The Morgan fingerprint density at radius 2 is 2.23 bits per heavy atom. The Kier molecular flexibility index (Phi) is 3.45. The molecule has 1 heterocycles. The first-order valence-electron chi connectivity index (χ1n) is 4.52. The Bertz CT molecular complexity index is 257. The van der Waals surface area contributed by atoms with E-state index < -0.39 is 0 Å². The molecule has 0 aliphatic heterocycles. The fourth-order valence-electron chi connectivity index (χ4n) is 1.38. The Balaban J connectivity index is 2.80. The van der Waals surface area contributed by atoms with Gasteiger partial charge in [-0.3, -0.25) is 4.68 Å². The van der Waals surface area contributed by atoms with Crippen LogP contribution in [0, 0.1) is 0 Å². The maximum atomic E-state index is 5.03. The molecule has 4 nitrogen and oxygen atoms in total. The van der Waals surface area contributed by atoms with Crippen molar-refractivity contribution in [1.82, 2.24) is 9.78 Å². The molecule has 0 saturated carbocycles. The predicted molar refractivity (Wildman–Crippen MR) is 51.2 cm³/mol. The molecular weight excluding hydrogens is 166 g/mol. The van der Waals surface area contributed by atoms with Gasteiger partial charge in [0.1, 0.15) is 0 Å². The van der Waals surface area contributed by atoms with Crippen molar-refractivity contribution in [3.63, 3.8) is 0 Å². The molecule has 1 unspecified atom stereocenters. The van der Waals surface area contributed by atoms with E-state index in [2.05, 4.69) is 30.7 Å². The fourth-order valence-corrected chi connectivity index (χ4v) is 1.38. The van der Waals surface area contributed by atoms with Crippen molar-refractivity contribution in [2.75, 3.05) is 6.61 Å². The molecule has 0 fully saturated rings. The van der Waals surface area contributed by atoms with E-state index in [-0.39, 0.29) is 5.92 Å². The monoisotopic (exact) mass is 183 g/mol. The summed E-state index contributed by atoms with van der Waals surface area (Å²) in [6.07, 6.45) is 1.81. The SMILES string of the molecule is CC(CON)c1ccnn1C(C)C. The van der Waals surface area contributed by atoms with Crippen LogP contribution in [0.1, 0.15) is 38.4 Å². The summed E-state index contributed by atoms with van der Waals surface area (Å²) >= 11 is 0. The first-order valence-corrected chi connectivity index (χ1v) is 4.52. The van der Waals surface area contributed by atoms with E-state index in [9.17, 15) is 0 Å². The van der Waals surface area contributed by atoms with Crippen LogP contribution in [-0.4, -0.2) is 16.4 Å². The molecule has 0 spiro atoms. The molecule has 0 aromatic carbocycles. The minimum Gasteiger partial charge on any atom is -0.304 e. The van der Waals surface area contributed by atoms with E-state index >= 15 is 0 Å². The molecule has 0 radical (unpaired) electrons. The molecule has 1 atom stereocenters. The lowest BCUT2D eigenvalue weighted by Crippen LogP contribution is -2.15. The van der Waals surface area contributed by atoms with Gasteiger partial charge in [-0.15, -0.1) is 0 Å². The van der Waals surface area contributed by atoms with Crippen LogP contribution in [0.5, 0.6) is 0 Å². The van der Waals surface area contributed by atoms with Gasteiger partial charge in [-0.05, 0) is 19.9 Å². The summed E-state index contributed by atoms with van der Waals surface area (Å²) in [6, 6.07) is 2.38. The van der Waals surface area contributed by atoms with Crippen LogP contribution in [-0.2, 0) is 4.84 Å². The van der Waals surface area contributed by atoms with Gasteiger partial charge in [-0.2, -0.15) is 5.10 Å². The highest BCUT2D eigenvalue weighted by Gasteiger charge is 2.12. The summed E-state index contributed by atoms with van der Waals surface area (Å²) in [5.41, 5.74) is 1.17. The number of nitrogens with zero attached hydrogens (tertiary/aromatic N) is 2. The quantitative estimate of drug-likeness (QED) is 0.719. The van der Waals surface area contributed by atoms with Gasteiger partial charge in [0.15, 0.2) is 0 Å². The first-order chi connectivity index (χ1) is 6.16. The Morgan fingerprint density at radius 3 is 2.77 bits per heavy atom. The van der Waals surface area contributed by atoms with E-state index in [1.807, 2.05) is 16.9 Å². The summed E-state index contributed by atoms with van der Waals surface area (Å²) in [4.78, 5) is 4.62. The zero-order valence-electron chi connectivity index (χ0n) is 8.40. The van der Waals surface area contributed by atoms with Crippen LogP contribution in [0.3, 0.4) is 0 Å². The number of aromatic nitrogens is 2. The zero-order chi connectivity index (χ0) is 9.84. The first kappa shape index (κ1) is 10.2. The molecule has 0 bridgehead atoms. The van der Waals surface area contributed by atoms with Crippen molar-refractivity contribution in [2.45, 2.75) is 32.7 Å². The average molecular weight is 183 g/mol. The van der Waals surface area contributed by atoms with Crippen molar-refractivity contribution in [1.29, 1.82) is 0 Å². The van der Waals surface area contributed by atoms with Crippen molar-refractivity contribution in [2.24, 2.45) is 5.90 Å². The molecule has 74 valence electrons. The minimum absolute atomic E-state index is 0.287. The van der Waals surface area contributed by atoms with Crippen molar-refractivity contribution in [3.05, 3.63) is 18.0 Å². The van der Waals surface area contributed by atoms with Crippen molar-refractivity contribution < 1.29 is 4.84 Å². The van der Waals surface area contributed by atoms with Crippen LogP contribution >= 0.6 is 0 Å². The van der Waals surface area contributed by atoms with Gasteiger partial charge in [0.05, 0.1) is 6.61 Å². The number of nitrogens with two attached hydrogens (primary N) is 1. The topological polar surface area (TPSA) is 53.1 Å². The van der Waals surface area contributed by atoms with E-state index in [0.717, 1.165) is 0 Å². The molecule has 1 rings (SSSR count). The van der Waals surface area contributed by atoms with Gasteiger partial charge in [-0.25, -0.2) is 5.90 Å². The lowest BCUT2D eigenvalue weighted by Gasteiger charge is -2.15. The molecular formula is C9H17N3O. The van der Waals surface area contributed by atoms with Crippen molar-refractivity contribution >= 4 is 0 Å². The number of hydrogen-bond acceptors (Lipinski definition) is 3. The second-order valence-electron chi connectivity index (χ2n) is 3.53. The average Bonchev–Trinajstić information content (AvgIpc) is 2.52. The third-order valence-electron chi connectivity index (χ3n) is 2.04. The van der Waals surface area contributed by atoms with Crippen molar-refractivity contribution in [3.8, 4) is 0 Å². The Labute approximate surface area is 78.6 Å². The molecule has 13 heavy (non-hydrogen) atoms. The molecule has 4 heteroatoms. The van der Waals surface area contributed by atoms with Gasteiger partial charge in [0.2, 0.25) is 0 Å². The molecule has 1 aromatic heterocycles. The van der Waals surface area contributed by atoms with Crippen LogP contribution in [0.15, 0.2) is 12.3 Å². The summed E-state index contributed by atoms with van der Waals surface area (Å²) in [6.45, 7) is 6.81. The molecule has 0 aliphatic rings. The third kappa shape index (κ3) is 2.29. The highest BCUT2D eigenvalue weighted by molar-refractivity contribution is 5.07. The summed E-state index contributed by atoms with van der Waals surface area (Å²) in [5, 5.41) is 4.24. The number of hydrogen-bond donors (Lipinski definition) is 1. The molecule has 0 amide bonds. The molecule has 0 saturated heterocycles. The summed E-state index contributed by atoms with van der Waals surface area (Å²) < 4.78 is 1.99. The zero-order valence-corrected chi connectivity index (χ0v) is 8.40. The lowest BCUT2D eigenvalue weighted by atomic mass is 10.1. The smallest absolute Gasteiger partial charge is 0.0760 e. The highest BCUT2D eigenvalue weighted by Crippen LogP contribution is 2.17. The van der Waals surface area contributed by atoms with E-state index in [0.29, 0.717) is 12.6 Å². The van der Waals surface area contributed by atoms with Gasteiger partial charge in [-0.1, -0.05) is 6.92 Å². The molecule has 1 aromatic rings. The Morgan fingerprint density at radius 1 is 1.54 bits per heavy atom. The van der Waals surface area contributed by atoms with Gasteiger partial charge >= 0.3 is 0 Å². The summed E-state index contributed by atoms with van der Waals surface area (Å²) in [5.74, 6) is 5.32. The van der Waals surface area contributed by atoms with Gasteiger partial charge in [0, 0.05) is 23.9 Å². The summed E-state index contributed by atoms with van der Waals surface area (Å²) in [7, 11) is 0. The van der Waals surface area contributed by atoms with Gasteiger partial charge < -0.3 is 4.84 Å². The van der Waals surface area contributed by atoms with E-state index in [4.69, 9.17) is 5.90 Å². The highest BCUT2D eigenvalue weighted by atomic mass is 16.6. The van der Waals surface area contributed by atoms with E-state index in [1.165, 1.54) is 5.69 Å². The fraction of sp³-hybridized carbons (Fsp3) is 0.667. The number of rotatable bonds is 4. The Hall–Kier alpha value is -0.870. The predicted octanol–water partition coefficient (Wildman–Crippen LogP) is 1.46. The minimum atomic E-state index is 0.287.